The number of carboxylic acid groups (broad SMARTS) is 1. The number of rotatable bonds is 5. The van der Waals surface area contributed by atoms with E-state index in [1.165, 1.54) is 6.42 Å². The monoisotopic (exact) mass is 255 g/mol. The van der Waals surface area contributed by atoms with Crippen LogP contribution < -0.4 is 10.7 Å². The van der Waals surface area contributed by atoms with Gasteiger partial charge in [0.1, 0.15) is 6.04 Å². The minimum absolute atomic E-state index is 0.398. The molecule has 2 rings (SSSR count). The summed E-state index contributed by atoms with van der Waals surface area (Å²) in [5, 5.41) is 13.4. The van der Waals surface area contributed by atoms with Crippen molar-refractivity contribution in [2.45, 2.75) is 44.6 Å². The molecular weight excluding hydrogens is 234 g/mol. The fourth-order valence-corrected chi connectivity index (χ4v) is 2.25. The van der Waals surface area contributed by atoms with Gasteiger partial charge in [-0.1, -0.05) is 19.3 Å². The minimum Gasteiger partial charge on any atom is -0.480 e. The third kappa shape index (κ3) is 4.18. The molecule has 1 aliphatic heterocycles. The van der Waals surface area contributed by atoms with Crippen LogP contribution in [-0.4, -0.2) is 41.2 Å². The van der Waals surface area contributed by atoms with Gasteiger partial charge >= 0.3 is 12.0 Å². The lowest BCUT2D eigenvalue weighted by Gasteiger charge is -2.27. The number of nitrogens with zero attached hydrogens (tertiary/aromatic N) is 1. The van der Waals surface area contributed by atoms with Gasteiger partial charge in [0.15, 0.2) is 0 Å². The standard InChI is InChI=1S/C12H21N3O3/c16-11(17)10(8-9-4-5-9)13-12(18)14-15-6-2-1-3-7-15/h9-10H,1-8H2,(H,16,17)(H2,13,14,18)/t10-/m0/s1. The van der Waals surface area contributed by atoms with E-state index >= 15 is 0 Å². The Labute approximate surface area is 107 Å². The fourth-order valence-electron chi connectivity index (χ4n) is 2.25. The third-order valence-corrected chi connectivity index (χ3v) is 3.49. The molecule has 6 nitrogen and oxygen atoms in total. The molecule has 18 heavy (non-hydrogen) atoms. The zero-order valence-corrected chi connectivity index (χ0v) is 10.5. The molecule has 2 amide bonds. The summed E-state index contributed by atoms with van der Waals surface area (Å²) >= 11 is 0. The molecule has 0 aromatic heterocycles. The molecule has 3 N–H and O–H groups in total. The number of hydrazine groups is 1. The Morgan fingerprint density at radius 1 is 1.22 bits per heavy atom. The van der Waals surface area contributed by atoms with E-state index in [0.29, 0.717) is 12.3 Å². The van der Waals surface area contributed by atoms with Crippen molar-refractivity contribution in [2.75, 3.05) is 13.1 Å². The molecule has 0 radical (unpaired) electrons. The summed E-state index contributed by atoms with van der Waals surface area (Å²) in [5.41, 5.74) is 2.72. The second kappa shape index (κ2) is 6.04. The zero-order valence-electron chi connectivity index (χ0n) is 10.5. The van der Waals surface area contributed by atoms with E-state index in [0.717, 1.165) is 38.8 Å². The van der Waals surface area contributed by atoms with Gasteiger partial charge in [0.05, 0.1) is 0 Å². The molecule has 2 aliphatic rings. The average Bonchev–Trinajstić information content (AvgIpc) is 3.13. The van der Waals surface area contributed by atoms with Gasteiger partial charge < -0.3 is 10.4 Å². The zero-order chi connectivity index (χ0) is 13.0. The maximum atomic E-state index is 11.7. The summed E-state index contributed by atoms with van der Waals surface area (Å²) in [4.78, 5) is 22.7. The maximum Gasteiger partial charge on any atom is 0.330 e. The van der Waals surface area contributed by atoms with Crippen molar-refractivity contribution < 1.29 is 14.7 Å². The number of piperidine rings is 1. The van der Waals surface area contributed by atoms with Crippen LogP contribution >= 0.6 is 0 Å². The molecule has 1 heterocycles. The van der Waals surface area contributed by atoms with Crippen LogP contribution in [0.3, 0.4) is 0 Å². The lowest BCUT2D eigenvalue weighted by Crippen LogP contribution is -2.53. The Bertz CT molecular complexity index is 312. The SMILES string of the molecule is O=C(N[C@@H](CC1CC1)C(=O)O)NN1CCCCC1. The number of carboxylic acids is 1. The van der Waals surface area contributed by atoms with E-state index in [1.54, 1.807) is 0 Å². The van der Waals surface area contributed by atoms with Gasteiger partial charge in [0.25, 0.3) is 0 Å². The number of urea groups is 1. The van der Waals surface area contributed by atoms with Gasteiger partial charge in [-0.2, -0.15) is 0 Å². The first kappa shape index (κ1) is 13.1. The highest BCUT2D eigenvalue weighted by Gasteiger charge is 2.30. The van der Waals surface area contributed by atoms with Crippen LogP contribution in [0.15, 0.2) is 0 Å². The number of hydrogen-bond acceptors (Lipinski definition) is 3. The van der Waals surface area contributed by atoms with Crippen molar-refractivity contribution in [1.29, 1.82) is 0 Å². The van der Waals surface area contributed by atoms with Crippen LogP contribution in [0.5, 0.6) is 0 Å². The average molecular weight is 255 g/mol. The van der Waals surface area contributed by atoms with Gasteiger partial charge in [-0.25, -0.2) is 14.6 Å². The number of nitrogens with one attached hydrogen (secondary N) is 2. The smallest absolute Gasteiger partial charge is 0.330 e. The first-order valence-electron chi connectivity index (χ1n) is 6.70. The molecule has 0 spiro atoms. The van der Waals surface area contributed by atoms with Crippen molar-refractivity contribution >= 4 is 12.0 Å². The largest absolute Gasteiger partial charge is 0.480 e. The van der Waals surface area contributed by atoms with E-state index in [1.807, 2.05) is 5.01 Å². The lowest BCUT2D eigenvalue weighted by molar-refractivity contribution is -0.139. The highest BCUT2D eigenvalue weighted by atomic mass is 16.4. The Morgan fingerprint density at radius 2 is 1.89 bits per heavy atom. The van der Waals surface area contributed by atoms with Gasteiger partial charge in [-0.3, -0.25) is 5.43 Å². The highest BCUT2D eigenvalue weighted by Crippen LogP contribution is 2.33. The van der Waals surface area contributed by atoms with E-state index in [9.17, 15) is 9.59 Å². The molecule has 2 fully saturated rings. The quantitative estimate of drug-likeness (QED) is 0.683. The van der Waals surface area contributed by atoms with E-state index in [4.69, 9.17) is 5.11 Å². The van der Waals surface area contributed by atoms with E-state index in [2.05, 4.69) is 10.7 Å². The van der Waals surface area contributed by atoms with Gasteiger partial charge in [0, 0.05) is 13.1 Å². The first-order chi connectivity index (χ1) is 8.65. The summed E-state index contributed by atoms with van der Waals surface area (Å²) in [7, 11) is 0. The Kier molecular flexibility index (Phi) is 4.41. The van der Waals surface area contributed by atoms with Crippen LogP contribution in [0.4, 0.5) is 4.79 Å². The van der Waals surface area contributed by atoms with Crippen LogP contribution in [0.25, 0.3) is 0 Å². The second-order valence-corrected chi connectivity index (χ2v) is 5.20. The van der Waals surface area contributed by atoms with Crippen LogP contribution in [0, 0.1) is 5.92 Å². The van der Waals surface area contributed by atoms with Crippen molar-refractivity contribution in [2.24, 2.45) is 5.92 Å². The lowest BCUT2D eigenvalue weighted by atomic mass is 10.1. The summed E-state index contributed by atoms with van der Waals surface area (Å²) in [6, 6.07) is -1.16. The summed E-state index contributed by atoms with van der Waals surface area (Å²) < 4.78 is 0. The van der Waals surface area contributed by atoms with E-state index in [-0.39, 0.29) is 0 Å². The number of aliphatic carboxylic acids is 1. The normalized spacial score (nSPS) is 22.2. The number of hydrogen-bond donors (Lipinski definition) is 3. The van der Waals surface area contributed by atoms with Crippen molar-refractivity contribution in [3.63, 3.8) is 0 Å². The van der Waals surface area contributed by atoms with Gasteiger partial charge in [-0.15, -0.1) is 0 Å². The number of carbonyl (C=O) groups excluding carboxylic acids is 1. The predicted octanol–water partition coefficient (Wildman–Crippen LogP) is 0.940. The van der Waals surface area contributed by atoms with Crippen LogP contribution in [-0.2, 0) is 4.79 Å². The highest BCUT2D eigenvalue weighted by molar-refractivity contribution is 5.82. The Morgan fingerprint density at radius 3 is 2.44 bits per heavy atom. The summed E-state index contributed by atoms with van der Waals surface area (Å²) in [6.45, 7) is 1.68. The second-order valence-electron chi connectivity index (χ2n) is 5.20. The summed E-state index contributed by atoms with van der Waals surface area (Å²) in [5.74, 6) is -0.475. The molecule has 6 heteroatoms. The first-order valence-corrected chi connectivity index (χ1v) is 6.70. The molecule has 1 aliphatic carbocycles. The molecule has 1 saturated heterocycles. The number of carbonyl (C=O) groups is 2. The molecule has 0 aromatic rings. The number of amides is 2. The van der Waals surface area contributed by atoms with Crippen molar-refractivity contribution in [3.8, 4) is 0 Å². The fraction of sp³-hybridized carbons (Fsp3) is 0.833. The molecule has 1 saturated carbocycles. The molecule has 0 unspecified atom stereocenters. The molecule has 0 bridgehead atoms. The summed E-state index contributed by atoms with van der Waals surface area (Å²) in [6.07, 6.45) is 6.05. The minimum atomic E-state index is -0.948. The van der Waals surface area contributed by atoms with Gasteiger partial charge in [-0.05, 0) is 25.2 Å². The van der Waals surface area contributed by atoms with Crippen molar-refractivity contribution in [3.05, 3.63) is 0 Å². The maximum absolute atomic E-state index is 11.7. The Balaban J connectivity index is 1.74. The molecule has 102 valence electrons. The van der Waals surface area contributed by atoms with E-state index < -0.39 is 18.0 Å². The molecule has 1 atom stereocenters. The predicted molar refractivity (Wildman–Crippen MR) is 65.9 cm³/mol. The Hall–Kier alpha value is -1.30. The molecule has 0 aromatic carbocycles. The third-order valence-electron chi connectivity index (χ3n) is 3.49. The van der Waals surface area contributed by atoms with Gasteiger partial charge in [0.2, 0.25) is 0 Å². The molecular formula is C12H21N3O3. The topological polar surface area (TPSA) is 81.7 Å². The van der Waals surface area contributed by atoms with Crippen LogP contribution in [0.1, 0.15) is 38.5 Å². The van der Waals surface area contributed by atoms with Crippen molar-refractivity contribution in [1.82, 2.24) is 15.8 Å². The van der Waals surface area contributed by atoms with Crippen LogP contribution in [0.2, 0.25) is 0 Å².